The van der Waals surface area contributed by atoms with Crippen LogP contribution in [0.3, 0.4) is 0 Å². The molecule has 8 nitrogen and oxygen atoms in total. The maximum Gasteiger partial charge on any atom is 0.334 e. The Kier molecular flexibility index (Phi) is 7.16. The van der Waals surface area contributed by atoms with Gasteiger partial charge in [-0.25, -0.2) is 19.2 Å². The van der Waals surface area contributed by atoms with Crippen LogP contribution in [-0.4, -0.2) is 51.3 Å². The van der Waals surface area contributed by atoms with Gasteiger partial charge >= 0.3 is 23.9 Å². The minimum Gasteiger partial charge on any atom is -0.466 e. The van der Waals surface area contributed by atoms with Crippen molar-refractivity contribution in [2.75, 3.05) is 27.4 Å². The van der Waals surface area contributed by atoms with Gasteiger partial charge in [0.1, 0.15) is 0 Å². The van der Waals surface area contributed by atoms with Gasteiger partial charge in [0.2, 0.25) is 0 Å². The third kappa shape index (κ3) is 4.21. The minimum atomic E-state index is -0.778. The van der Waals surface area contributed by atoms with Crippen LogP contribution in [0.4, 0.5) is 0 Å². The highest BCUT2D eigenvalue weighted by molar-refractivity contribution is 6.09. The Hall–Kier alpha value is -2.64. The molecule has 0 heterocycles. The summed E-state index contributed by atoms with van der Waals surface area (Å²) in [5, 5.41) is 0. The number of methoxy groups -OCH3 is 2. The van der Waals surface area contributed by atoms with Crippen molar-refractivity contribution >= 4 is 23.9 Å². The third-order valence-electron chi connectivity index (χ3n) is 3.34. The van der Waals surface area contributed by atoms with Gasteiger partial charge in [0.15, 0.2) is 0 Å². The molecule has 0 atom stereocenters. The van der Waals surface area contributed by atoms with E-state index in [4.69, 9.17) is 9.47 Å². The highest BCUT2D eigenvalue weighted by Crippen LogP contribution is 2.33. The first-order valence-corrected chi connectivity index (χ1v) is 7.36. The van der Waals surface area contributed by atoms with E-state index in [-0.39, 0.29) is 48.3 Å². The summed E-state index contributed by atoms with van der Waals surface area (Å²) in [6.07, 6.45) is -0.547. The summed E-state index contributed by atoms with van der Waals surface area (Å²) in [6.45, 7) is 3.42. The summed E-state index contributed by atoms with van der Waals surface area (Å²) in [7, 11) is 2.30. The Bertz CT molecular complexity index is 560. The quantitative estimate of drug-likeness (QED) is 0.517. The summed E-state index contributed by atoms with van der Waals surface area (Å²) >= 11 is 0. The molecule has 0 spiro atoms. The van der Waals surface area contributed by atoms with Crippen molar-refractivity contribution in [1.82, 2.24) is 0 Å². The Morgan fingerprint density at radius 2 is 0.958 bits per heavy atom. The molecule has 0 bridgehead atoms. The van der Waals surface area contributed by atoms with Crippen LogP contribution < -0.4 is 0 Å². The molecule has 8 heteroatoms. The number of carbonyl (C=O) groups excluding carboxylic acids is 4. The highest BCUT2D eigenvalue weighted by atomic mass is 16.5. The molecule has 24 heavy (non-hydrogen) atoms. The molecule has 1 aliphatic rings. The predicted molar refractivity (Wildman–Crippen MR) is 80.6 cm³/mol. The molecular weight excluding hydrogens is 320 g/mol. The van der Waals surface area contributed by atoms with E-state index in [1.165, 1.54) is 0 Å². The lowest BCUT2D eigenvalue weighted by atomic mass is 9.85. The minimum absolute atomic E-state index is 0.0247. The fourth-order valence-corrected chi connectivity index (χ4v) is 2.24. The van der Waals surface area contributed by atoms with E-state index in [9.17, 15) is 19.2 Å². The summed E-state index contributed by atoms with van der Waals surface area (Å²) in [5.74, 6) is -3.04. The smallest absolute Gasteiger partial charge is 0.334 e. The number of esters is 4. The fourth-order valence-electron chi connectivity index (χ4n) is 2.24. The van der Waals surface area contributed by atoms with Gasteiger partial charge in [0.25, 0.3) is 0 Å². The first-order valence-electron chi connectivity index (χ1n) is 7.36. The second kappa shape index (κ2) is 8.85. The maximum absolute atomic E-state index is 12.1. The topological polar surface area (TPSA) is 105 Å². The molecule has 1 aliphatic carbocycles. The van der Waals surface area contributed by atoms with Gasteiger partial charge in [0, 0.05) is 12.8 Å². The van der Waals surface area contributed by atoms with Crippen LogP contribution >= 0.6 is 0 Å². The second-order valence-corrected chi connectivity index (χ2v) is 4.69. The SMILES string of the molecule is CCOC(=O)C1=C(C(=O)OCC)CC(C(=O)OC)=C(C(=O)OC)C1. The van der Waals surface area contributed by atoms with Gasteiger partial charge in [-0.3, -0.25) is 0 Å². The fraction of sp³-hybridized carbons (Fsp3) is 0.500. The third-order valence-corrected chi connectivity index (χ3v) is 3.34. The largest absolute Gasteiger partial charge is 0.466 e. The standard InChI is InChI=1S/C16H20O8/c1-5-23-15(19)11-7-9(13(17)21-3)10(14(18)22-4)8-12(11)16(20)24-6-2/h5-8H2,1-4H3. The molecule has 132 valence electrons. The molecule has 0 aromatic carbocycles. The molecule has 0 saturated heterocycles. The zero-order valence-electron chi connectivity index (χ0n) is 14.1. The van der Waals surface area contributed by atoms with Crippen molar-refractivity contribution in [2.24, 2.45) is 0 Å². The first kappa shape index (κ1) is 19.4. The lowest BCUT2D eigenvalue weighted by molar-refractivity contribution is -0.143. The summed E-state index contributed by atoms with van der Waals surface area (Å²) < 4.78 is 19.2. The van der Waals surface area contributed by atoms with E-state index in [1.807, 2.05) is 0 Å². The molecule has 0 aliphatic heterocycles. The molecule has 0 N–H and O–H groups in total. The van der Waals surface area contributed by atoms with Gasteiger partial charge in [0.05, 0.1) is 49.7 Å². The molecule has 1 rings (SSSR count). The lowest BCUT2D eigenvalue weighted by Crippen LogP contribution is -2.26. The van der Waals surface area contributed by atoms with Crippen LogP contribution in [-0.2, 0) is 38.1 Å². The summed E-state index contributed by atoms with van der Waals surface area (Å²) in [4.78, 5) is 48.2. The van der Waals surface area contributed by atoms with Gasteiger partial charge in [-0.15, -0.1) is 0 Å². The zero-order valence-corrected chi connectivity index (χ0v) is 14.1. The van der Waals surface area contributed by atoms with E-state index in [2.05, 4.69) is 9.47 Å². The molecular formula is C16H20O8. The monoisotopic (exact) mass is 340 g/mol. The Morgan fingerprint density at radius 1 is 0.667 bits per heavy atom. The van der Waals surface area contributed by atoms with Crippen molar-refractivity contribution < 1.29 is 38.1 Å². The molecule has 0 aromatic rings. The molecule has 0 fully saturated rings. The van der Waals surface area contributed by atoms with Crippen molar-refractivity contribution in [3.05, 3.63) is 22.3 Å². The molecule has 0 aromatic heterocycles. The second-order valence-electron chi connectivity index (χ2n) is 4.69. The molecule has 0 amide bonds. The van der Waals surface area contributed by atoms with E-state index < -0.39 is 23.9 Å². The Morgan fingerprint density at radius 3 is 1.21 bits per heavy atom. The van der Waals surface area contributed by atoms with E-state index in [0.717, 1.165) is 14.2 Å². The normalized spacial score (nSPS) is 14.2. The van der Waals surface area contributed by atoms with Crippen molar-refractivity contribution in [1.29, 1.82) is 0 Å². The Balaban J connectivity index is 3.38. The van der Waals surface area contributed by atoms with Crippen LogP contribution in [0.25, 0.3) is 0 Å². The highest BCUT2D eigenvalue weighted by Gasteiger charge is 2.35. The Labute approximate surface area is 139 Å². The first-order chi connectivity index (χ1) is 11.4. The van der Waals surface area contributed by atoms with Gasteiger partial charge < -0.3 is 18.9 Å². The zero-order chi connectivity index (χ0) is 18.3. The average molecular weight is 340 g/mol. The van der Waals surface area contributed by atoms with Crippen LogP contribution in [0.5, 0.6) is 0 Å². The number of hydrogen-bond acceptors (Lipinski definition) is 8. The van der Waals surface area contributed by atoms with Crippen LogP contribution in [0.2, 0.25) is 0 Å². The van der Waals surface area contributed by atoms with Gasteiger partial charge in [-0.1, -0.05) is 0 Å². The van der Waals surface area contributed by atoms with E-state index in [1.54, 1.807) is 13.8 Å². The van der Waals surface area contributed by atoms with Crippen LogP contribution in [0, 0.1) is 0 Å². The van der Waals surface area contributed by atoms with Crippen molar-refractivity contribution in [3.8, 4) is 0 Å². The van der Waals surface area contributed by atoms with Gasteiger partial charge in [-0.2, -0.15) is 0 Å². The van der Waals surface area contributed by atoms with Crippen molar-refractivity contribution in [3.63, 3.8) is 0 Å². The lowest BCUT2D eigenvalue weighted by Gasteiger charge is -2.22. The molecule has 0 saturated carbocycles. The van der Waals surface area contributed by atoms with E-state index in [0.29, 0.717) is 0 Å². The number of hydrogen-bond donors (Lipinski definition) is 0. The molecule has 0 radical (unpaired) electrons. The summed E-state index contributed by atoms with van der Waals surface area (Å²) in [5.41, 5.74) is -0.132. The van der Waals surface area contributed by atoms with Gasteiger partial charge in [-0.05, 0) is 13.8 Å². The predicted octanol–water partition coefficient (Wildman–Crippen LogP) is 0.846. The van der Waals surface area contributed by atoms with Crippen LogP contribution in [0.15, 0.2) is 22.3 Å². The number of carbonyl (C=O) groups is 4. The number of ether oxygens (including phenoxy) is 4. The summed E-state index contributed by atoms with van der Waals surface area (Å²) in [6, 6.07) is 0. The van der Waals surface area contributed by atoms with Crippen LogP contribution in [0.1, 0.15) is 26.7 Å². The maximum atomic E-state index is 12.1. The van der Waals surface area contributed by atoms with Crippen molar-refractivity contribution in [2.45, 2.75) is 26.7 Å². The number of rotatable bonds is 6. The van der Waals surface area contributed by atoms with E-state index >= 15 is 0 Å². The average Bonchev–Trinajstić information content (AvgIpc) is 2.59. The molecule has 0 unspecified atom stereocenters.